The van der Waals surface area contributed by atoms with Crippen molar-refractivity contribution in [3.05, 3.63) is 0 Å². The van der Waals surface area contributed by atoms with Gasteiger partial charge < -0.3 is 65.7 Å². The van der Waals surface area contributed by atoms with Crippen molar-refractivity contribution in [2.45, 2.75) is 0 Å². The van der Waals surface area contributed by atoms with Crippen LogP contribution in [0.3, 0.4) is 0 Å². The maximum Gasteiger partial charge on any atom is 0 e. The number of hydrogen-bond acceptors (Lipinski definition) is 0. The van der Waals surface area contributed by atoms with Gasteiger partial charge in [0, 0.05) is 166 Å². The van der Waals surface area contributed by atoms with Crippen LogP contribution in [0.15, 0.2) is 0 Å². The van der Waals surface area contributed by atoms with Crippen molar-refractivity contribution in [2.24, 2.45) is 0 Å². The van der Waals surface area contributed by atoms with Gasteiger partial charge in [0.2, 0.25) is 0 Å². The minimum Gasteiger partial charge on any atom is -0.412 e. The van der Waals surface area contributed by atoms with Crippen molar-refractivity contribution in [1.29, 1.82) is 0 Å². The first-order valence-electron chi connectivity index (χ1n) is 0. The summed E-state index contributed by atoms with van der Waals surface area (Å²) in [6.45, 7) is 0. The minimum atomic E-state index is 0. The molecule has 0 aliphatic carbocycles. The van der Waals surface area contributed by atoms with Gasteiger partial charge in [-0.3, -0.25) is 0 Å². The number of rotatable bonds is 0. The average Bonchev–Trinajstić information content (AvgIpc) is 0. The molecule has 0 fully saturated rings. The molecule has 0 saturated heterocycles. The van der Waals surface area contributed by atoms with Crippen molar-refractivity contribution in [3.8, 4) is 0 Å². The number of hydrogen-bond donors (Lipinski definition) is 0. The van der Waals surface area contributed by atoms with Gasteiger partial charge in [-0.2, -0.15) is 0 Å². The van der Waals surface area contributed by atoms with Crippen LogP contribution in [0.5, 0.6) is 0 Å². The van der Waals surface area contributed by atoms with Crippen LogP contribution < -0.4 is 0 Å². The first-order chi connectivity index (χ1) is 0. The van der Waals surface area contributed by atoms with Gasteiger partial charge in [0.15, 0.2) is 0 Å². The second kappa shape index (κ2) is 441. The molecule has 19 heavy (non-hydrogen) atoms. The van der Waals surface area contributed by atoms with Gasteiger partial charge in [0.05, 0.1) is 0 Å². The Bertz CT molecular complexity index is 31.7. The minimum absolute atomic E-state index is 0. The Kier molecular flexibility index (Phi) is 11700. The molecule has 0 aromatic carbocycles. The maximum atomic E-state index is 0. The van der Waals surface area contributed by atoms with Crippen molar-refractivity contribution in [3.63, 3.8) is 0 Å². The van der Waals surface area contributed by atoms with Gasteiger partial charge in [-0.05, 0) is 0 Å². The fraction of sp³-hybridized carbons (Fsp3) is 0. The predicted molar refractivity (Wildman–Crippen MR) is 60.6 cm³/mol. The fourth-order valence-electron chi connectivity index (χ4n) is 0. The van der Waals surface area contributed by atoms with E-state index in [4.69, 9.17) is 0 Å². The second-order valence-electron chi connectivity index (χ2n) is 0. The van der Waals surface area contributed by atoms with E-state index in [1.807, 2.05) is 0 Å². The van der Waals surface area contributed by atoms with Crippen LogP contribution in [-0.2, 0) is 88.2 Å². The van der Waals surface area contributed by atoms with E-state index in [1.54, 1.807) is 0 Å². The van der Waals surface area contributed by atoms with Crippen LogP contribution in [0.4, 0.5) is 0 Å². The summed E-state index contributed by atoms with van der Waals surface area (Å²) in [6, 6.07) is 0. The average molecular weight is 936 g/mol. The molecule has 0 aromatic heterocycles. The summed E-state index contributed by atoms with van der Waals surface area (Å²) >= 11 is 0. The smallest absolute Gasteiger partial charge is 0 e. The molecule has 0 aliphatic rings. The summed E-state index contributed by atoms with van der Waals surface area (Å²) < 4.78 is 0. The first kappa shape index (κ1) is 502. The molecule has 12 nitrogen and oxygen atoms in total. The molecule has 0 unspecified atom stereocenters. The van der Waals surface area contributed by atoms with E-state index in [-0.39, 0.29) is 232 Å². The SMILES string of the molecule is O.O.O.O.O.O.O.O.O.O.O.O.[Mg].[Nb].[Nb].[Pb].[Pb].[Ti].[Ti]. The molecule has 24 N–H and O–H groups in total. The van der Waals surface area contributed by atoms with E-state index in [0.717, 1.165) is 0 Å². The van der Waals surface area contributed by atoms with Crippen molar-refractivity contribution in [1.82, 2.24) is 0 Å². The Morgan fingerprint density at radius 1 is 0.263 bits per heavy atom. The molecule has 0 heterocycles. The van der Waals surface area contributed by atoms with Crippen molar-refractivity contribution in [2.75, 3.05) is 0 Å². The van der Waals surface area contributed by atoms with Gasteiger partial charge in [0.1, 0.15) is 0 Å². The third-order valence-electron chi connectivity index (χ3n) is 0. The summed E-state index contributed by atoms with van der Waals surface area (Å²) in [7, 11) is 0. The van der Waals surface area contributed by atoms with Crippen molar-refractivity contribution >= 4 is 77.7 Å². The summed E-state index contributed by atoms with van der Waals surface area (Å²) in [4.78, 5) is 0. The van der Waals surface area contributed by atoms with E-state index >= 15 is 0 Å². The van der Waals surface area contributed by atoms with Crippen molar-refractivity contribution < 1.29 is 154 Å². The predicted octanol–water partition coefficient (Wildman–Crippen LogP) is -11.0. The Morgan fingerprint density at radius 2 is 0.263 bits per heavy atom. The Hall–Kier alpha value is 5.04. The Morgan fingerprint density at radius 3 is 0.263 bits per heavy atom. The van der Waals surface area contributed by atoms with E-state index < -0.39 is 0 Å². The molecule has 0 rings (SSSR count). The molecule has 19 heteroatoms. The summed E-state index contributed by atoms with van der Waals surface area (Å²) in [5.41, 5.74) is 0. The Labute approximate surface area is 227 Å². The van der Waals surface area contributed by atoms with Crippen LogP contribution in [-0.4, -0.2) is 143 Å². The molecule has 0 saturated carbocycles. The van der Waals surface area contributed by atoms with Gasteiger partial charge in [-0.1, -0.05) is 0 Å². The zero-order chi connectivity index (χ0) is 0. The fourth-order valence-corrected chi connectivity index (χ4v) is 0. The van der Waals surface area contributed by atoms with Crippen LogP contribution in [0.1, 0.15) is 0 Å². The van der Waals surface area contributed by atoms with E-state index in [1.165, 1.54) is 0 Å². The monoisotopic (exact) mass is 938 g/mol. The van der Waals surface area contributed by atoms with Crippen LogP contribution in [0, 0.1) is 0 Å². The standard InChI is InChI=1S/Mg.2Nb.12H2O.2Pb.2Ti/h;;;12*1H2;;;;. The normalized spacial score (nSPS) is 0. The van der Waals surface area contributed by atoms with E-state index in [2.05, 4.69) is 0 Å². The van der Waals surface area contributed by atoms with Crippen LogP contribution in [0.2, 0.25) is 0 Å². The van der Waals surface area contributed by atoms with E-state index in [9.17, 15) is 0 Å². The molecule has 0 bridgehead atoms. The molecule has 12 radical (unpaired) electrons. The second-order valence-corrected chi connectivity index (χ2v) is 0. The quantitative estimate of drug-likeness (QED) is 0.204. The van der Waals surface area contributed by atoms with Gasteiger partial charge in [0.25, 0.3) is 0 Å². The molecular weight excluding hydrogens is 912 g/mol. The third kappa shape index (κ3) is 402. The largest absolute Gasteiger partial charge is 0.412 e. The molecule has 0 amide bonds. The summed E-state index contributed by atoms with van der Waals surface area (Å²) in [6.07, 6.45) is 0. The van der Waals surface area contributed by atoms with Crippen LogP contribution >= 0.6 is 0 Å². The molecule has 124 valence electrons. The molecule has 0 spiro atoms. The van der Waals surface area contributed by atoms with E-state index in [0.29, 0.717) is 0 Å². The molecule has 0 atom stereocenters. The van der Waals surface area contributed by atoms with Gasteiger partial charge >= 0.3 is 0 Å². The zero-order valence-corrected chi connectivity index (χ0v) is 26.3. The molecular formula is H24MgNb2O12Pb2Ti2. The maximum absolute atomic E-state index is 0. The first-order valence-corrected chi connectivity index (χ1v) is 0. The van der Waals surface area contributed by atoms with Gasteiger partial charge in [-0.15, -0.1) is 0 Å². The topological polar surface area (TPSA) is 378 Å². The Balaban J connectivity index is 0. The zero-order valence-electron chi connectivity index (χ0n) is 9.60. The molecule has 0 aromatic rings. The third-order valence-corrected chi connectivity index (χ3v) is 0. The summed E-state index contributed by atoms with van der Waals surface area (Å²) in [5, 5.41) is 0. The summed E-state index contributed by atoms with van der Waals surface area (Å²) in [5.74, 6) is 0. The van der Waals surface area contributed by atoms with Gasteiger partial charge in [-0.25, -0.2) is 0 Å². The van der Waals surface area contributed by atoms with Crippen LogP contribution in [0.25, 0.3) is 0 Å². The molecule has 0 aliphatic heterocycles.